The number of hydrogen-bond donors (Lipinski definition) is 3. The average molecular weight is 437 g/mol. The molecule has 164 valence electrons. The molecule has 0 amide bonds. The zero-order chi connectivity index (χ0) is 22.1. The lowest BCUT2D eigenvalue weighted by molar-refractivity contribution is -0.260. The van der Waals surface area contributed by atoms with Crippen LogP contribution in [0.1, 0.15) is 6.04 Å². The van der Waals surface area contributed by atoms with Crippen molar-refractivity contribution in [2.45, 2.75) is 30.6 Å². The van der Waals surface area contributed by atoms with Crippen LogP contribution < -0.4 is 4.74 Å². The third-order valence-corrected chi connectivity index (χ3v) is 4.94. The maximum Gasteiger partial charge on any atom is 0.228 e. The van der Waals surface area contributed by atoms with E-state index >= 15 is 0 Å². The lowest BCUT2D eigenvalue weighted by Crippen LogP contribution is -2.57. The summed E-state index contributed by atoms with van der Waals surface area (Å²) in [5, 5.41) is 38.6. The standard InChI is InChI=1S/C20H18F3N3O5/c21-12-6-10(7-13(22)16(12)23)14-8-26(25-24-14)17-18(28)15(9-27)31-20(19(17)29)30-11-4-2-1-3-5-11/h1-8,15,17-20,27-29H,9H2/t15?,17?,18-,19+,20-/m0/s1. The molecule has 8 nitrogen and oxygen atoms in total. The Balaban J connectivity index is 1.64. The first-order chi connectivity index (χ1) is 14.9. The number of hydrogen-bond acceptors (Lipinski definition) is 7. The SMILES string of the molecule is OCC1O[C@H](Oc2ccccc2)[C@H](O)C(n2cc(-c3cc(F)c(F)c(F)c3)nn2)[C@H]1O. The lowest BCUT2D eigenvalue weighted by Gasteiger charge is -2.41. The second kappa shape index (κ2) is 8.63. The van der Waals surface area contributed by atoms with Crippen molar-refractivity contribution < 1.29 is 38.0 Å². The van der Waals surface area contributed by atoms with Crippen LogP contribution >= 0.6 is 0 Å². The second-order valence-corrected chi connectivity index (χ2v) is 6.97. The minimum absolute atomic E-state index is 0.0234. The van der Waals surface area contributed by atoms with Gasteiger partial charge in [-0.3, -0.25) is 0 Å². The van der Waals surface area contributed by atoms with Crippen molar-refractivity contribution in [3.05, 3.63) is 66.1 Å². The molecular weight excluding hydrogens is 419 g/mol. The molecule has 2 heterocycles. The summed E-state index contributed by atoms with van der Waals surface area (Å²) in [5.74, 6) is -4.02. The van der Waals surface area contributed by atoms with Crippen molar-refractivity contribution >= 4 is 0 Å². The average Bonchev–Trinajstić information content (AvgIpc) is 3.24. The van der Waals surface area contributed by atoms with Crippen molar-refractivity contribution in [2.75, 3.05) is 6.61 Å². The summed E-state index contributed by atoms with van der Waals surface area (Å²) in [6.45, 7) is -0.574. The fraction of sp³-hybridized carbons (Fsp3) is 0.300. The molecule has 31 heavy (non-hydrogen) atoms. The molecule has 0 spiro atoms. The molecular formula is C20H18F3N3O5. The highest BCUT2D eigenvalue weighted by atomic mass is 19.2. The fourth-order valence-corrected chi connectivity index (χ4v) is 3.37. The van der Waals surface area contributed by atoms with E-state index in [4.69, 9.17) is 9.47 Å². The van der Waals surface area contributed by atoms with E-state index < -0.39 is 54.7 Å². The van der Waals surface area contributed by atoms with Crippen LogP contribution in [0.5, 0.6) is 5.75 Å². The highest BCUT2D eigenvalue weighted by molar-refractivity contribution is 5.57. The Labute approximate surface area is 174 Å². The predicted molar refractivity (Wildman–Crippen MR) is 99.2 cm³/mol. The molecule has 0 bridgehead atoms. The molecule has 5 atom stereocenters. The van der Waals surface area contributed by atoms with Gasteiger partial charge in [0.1, 0.15) is 35.8 Å². The molecule has 1 aliphatic heterocycles. The Kier molecular flexibility index (Phi) is 5.92. The van der Waals surface area contributed by atoms with E-state index in [0.29, 0.717) is 5.75 Å². The van der Waals surface area contributed by atoms with E-state index in [-0.39, 0.29) is 11.3 Å². The van der Waals surface area contributed by atoms with E-state index in [1.54, 1.807) is 30.3 Å². The number of rotatable bonds is 5. The number of aromatic nitrogens is 3. The van der Waals surface area contributed by atoms with Gasteiger partial charge in [0.05, 0.1) is 12.8 Å². The minimum atomic E-state index is -1.61. The number of nitrogens with zero attached hydrogens (tertiary/aromatic N) is 3. The quantitative estimate of drug-likeness (QED) is 0.518. The first kappa shape index (κ1) is 21.2. The van der Waals surface area contributed by atoms with E-state index in [2.05, 4.69) is 10.3 Å². The summed E-state index contributed by atoms with van der Waals surface area (Å²) >= 11 is 0. The molecule has 2 aromatic carbocycles. The first-order valence-electron chi connectivity index (χ1n) is 9.30. The van der Waals surface area contributed by atoms with Crippen LogP contribution in [-0.4, -0.2) is 61.5 Å². The molecule has 1 saturated heterocycles. The Morgan fingerprint density at radius 3 is 2.35 bits per heavy atom. The molecule has 1 aliphatic rings. The van der Waals surface area contributed by atoms with Gasteiger partial charge in [-0.2, -0.15) is 0 Å². The van der Waals surface area contributed by atoms with Crippen LogP contribution in [0.2, 0.25) is 0 Å². The smallest absolute Gasteiger partial charge is 0.228 e. The zero-order valence-electron chi connectivity index (χ0n) is 15.8. The highest BCUT2D eigenvalue weighted by Crippen LogP contribution is 2.32. The van der Waals surface area contributed by atoms with Gasteiger partial charge in [0, 0.05) is 5.56 Å². The zero-order valence-corrected chi connectivity index (χ0v) is 15.8. The molecule has 0 radical (unpaired) electrons. The van der Waals surface area contributed by atoms with E-state index in [1.165, 1.54) is 6.20 Å². The van der Waals surface area contributed by atoms with E-state index in [1.807, 2.05) is 0 Å². The molecule has 4 rings (SSSR count). The van der Waals surface area contributed by atoms with Crippen molar-refractivity contribution in [3.63, 3.8) is 0 Å². The number of para-hydroxylation sites is 1. The van der Waals surface area contributed by atoms with Gasteiger partial charge in [-0.1, -0.05) is 23.4 Å². The number of halogens is 3. The largest absolute Gasteiger partial charge is 0.462 e. The maximum atomic E-state index is 13.6. The summed E-state index contributed by atoms with van der Waals surface area (Å²) in [7, 11) is 0. The summed E-state index contributed by atoms with van der Waals surface area (Å²) in [5.41, 5.74) is -0.112. The Bertz CT molecular complexity index is 1030. The Hall–Kier alpha value is -2.99. The minimum Gasteiger partial charge on any atom is -0.462 e. The third kappa shape index (κ3) is 4.12. The topological polar surface area (TPSA) is 110 Å². The van der Waals surface area contributed by atoms with Crippen molar-refractivity contribution in [2.24, 2.45) is 0 Å². The predicted octanol–water partition coefficient (Wildman–Crippen LogP) is 1.42. The second-order valence-electron chi connectivity index (χ2n) is 6.97. The van der Waals surface area contributed by atoms with Gasteiger partial charge in [0.25, 0.3) is 0 Å². The van der Waals surface area contributed by atoms with Gasteiger partial charge in [-0.05, 0) is 24.3 Å². The van der Waals surface area contributed by atoms with Crippen LogP contribution in [0.3, 0.4) is 0 Å². The van der Waals surface area contributed by atoms with Gasteiger partial charge < -0.3 is 24.8 Å². The van der Waals surface area contributed by atoms with Gasteiger partial charge >= 0.3 is 0 Å². The Morgan fingerprint density at radius 1 is 1.03 bits per heavy atom. The van der Waals surface area contributed by atoms with Crippen molar-refractivity contribution in [3.8, 4) is 17.0 Å². The van der Waals surface area contributed by atoms with Gasteiger partial charge in [-0.25, -0.2) is 17.9 Å². The van der Waals surface area contributed by atoms with Gasteiger partial charge in [0.15, 0.2) is 17.5 Å². The molecule has 2 unspecified atom stereocenters. The highest BCUT2D eigenvalue weighted by Gasteiger charge is 2.47. The molecule has 3 N–H and O–H groups in total. The van der Waals surface area contributed by atoms with Crippen LogP contribution in [0.25, 0.3) is 11.3 Å². The lowest BCUT2D eigenvalue weighted by atomic mass is 9.96. The van der Waals surface area contributed by atoms with Crippen LogP contribution in [0.4, 0.5) is 13.2 Å². The first-order valence-corrected chi connectivity index (χ1v) is 9.30. The molecule has 1 aromatic heterocycles. The van der Waals surface area contributed by atoms with Gasteiger partial charge in [-0.15, -0.1) is 5.10 Å². The summed E-state index contributed by atoms with van der Waals surface area (Å²) < 4.78 is 52.5. The van der Waals surface area contributed by atoms with Gasteiger partial charge in [0.2, 0.25) is 6.29 Å². The molecule has 0 saturated carbocycles. The normalized spacial score (nSPS) is 26.1. The maximum absolute atomic E-state index is 13.6. The molecule has 1 fully saturated rings. The summed E-state index contributed by atoms with van der Waals surface area (Å²) in [6.07, 6.45) is -4.01. The summed E-state index contributed by atoms with van der Waals surface area (Å²) in [4.78, 5) is 0. The van der Waals surface area contributed by atoms with Crippen LogP contribution in [0, 0.1) is 17.5 Å². The van der Waals surface area contributed by atoms with Crippen LogP contribution in [-0.2, 0) is 4.74 Å². The van der Waals surface area contributed by atoms with Crippen molar-refractivity contribution in [1.82, 2.24) is 15.0 Å². The number of aliphatic hydroxyl groups excluding tert-OH is 3. The van der Waals surface area contributed by atoms with Crippen molar-refractivity contribution in [1.29, 1.82) is 0 Å². The van der Waals surface area contributed by atoms with E-state index in [9.17, 15) is 28.5 Å². The molecule has 3 aromatic rings. The molecule has 0 aliphatic carbocycles. The van der Waals surface area contributed by atoms with E-state index in [0.717, 1.165) is 16.8 Å². The summed E-state index contributed by atoms with van der Waals surface area (Å²) in [6, 6.07) is 8.80. The number of aliphatic hydroxyl groups is 3. The molecule has 11 heteroatoms. The fourth-order valence-electron chi connectivity index (χ4n) is 3.37. The monoisotopic (exact) mass is 437 g/mol. The third-order valence-electron chi connectivity index (χ3n) is 4.94. The van der Waals surface area contributed by atoms with Crippen LogP contribution in [0.15, 0.2) is 48.7 Å². The number of benzene rings is 2. The Morgan fingerprint density at radius 2 is 1.71 bits per heavy atom. The number of ether oxygens (including phenoxy) is 2.